The first-order chi connectivity index (χ1) is 5.95. The van der Waals surface area contributed by atoms with Gasteiger partial charge in [0.2, 0.25) is 0 Å². The summed E-state index contributed by atoms with van der Waals surface area (Å²) in [6, 6.07) is 1.18. The fourth-order valence-corrected chi connectivity index (χ4v) is 1.66. The van der Waals surface area contributed by atoms with Crippen molar-refractivity contribution in [1.29, 1.82) is 0 Å². The molecule has 0 aliphatic rings. The number of rotatable bonds is 1. The molecule has 0 unspecified atom stereocenters. The molecule has 1 aromatic carbocycles. The molecule has 0 saturated heterocycles. The molecule has 7 heteroatoms. The predicted molar refractivity (Wildman–Crippen MR) is 52.5 cm³/mol. The summed E-state index contributed by atoms with van der Waals surface area (Å²) < 4.78 is 0. The molecule has 0 aromatic heterocycles. The van der Waals surface area contributed by atoms with Crippen molar-refractivity contribution in [3.63, 3.8) is 0 Å². The molecule has 70 valence electrons. The molecular weight excluding hydrogens is 238 g/mol. The molecule has 13 heavy (non-hydrogen) atoms. The number of halogens is 3. The van der Waals surface area contributed by atoms with Gasteiger partial charge in [-0.3, -0.25) is 10.1 Å². The minimum Gasteiger partial charge on any atom is -0.396 e. The van der Waals surface area contributed by atoms with Gasteiger partial charge >= 0.3 is 5.69 Å². The lowest BCUT2D eigenvalue weighted by Gasteiger charge is -2.03. The van der Waals surface area contributed by atoms with Crippen molar-refractivity contribution >= 4 is 46.2 Å². The van der Waals surface area contributed by atoms with Crippen molar-refractivity contribution in [3.8, 4) is 0 Å². The van der Waals surface area contributed by atoms with Crippen LogP contribution in [0.15, 0.2) is 6.07 Å². The number of benzene rings is 1. The molecule has 0 aliphatic heterocycles. The van der Waals surface area contributed by atoms with Crippen LogP contribution in [0.4, 0.5) is 11.4 Å². The number of hydrogen-bond donors (Lipinski definition) is 1. The number of nitro benzene ring substituents is 1. The average molecular weight is 241 g/mol. The molecule has 0 spiro atoms. The van der Waals surface area contributed by atoms with Gasteiger partial charge in [0.1, 0.15) is 10.0 Å². The molecule has 0 saturated carbocycles. The van der Waals surface area contributed by atoms with Gasteiger partial charge in [-0.2, -0.15) is 0 Å². The van der Waals surface area contributed by atoms with Gasteiger partial charge < -0.3 is 5.73 Å². The van der Waals surface area contributed by atoms with E-state index in [0.717, 1.165) is 0 Å². The number of anilines is 1. The van der Waals surface area contributed by atoms with Crippen LogP contribution < -0.4 is 5.73 Å². The summed E-state index contributed by atoms with van der Waals surface area (Å²) in [5.41, 5.74) is 4.89. The fraction of sp³-hybridized carbons (Fsp3) is 0. The predicted octanol–water partition coefficient (Wildman–Crippen LogP) is 3.14. The van der Waals surface area contributed by atoms with E-state index in [1.54, 1.807) is 0 Å². The summed E-state index contributed by atoms with van der Waals surface area (Å²) in [5.74, 6) is 0. The Morgan fingerprint density at radius 3 is 2.31 bits per heavy atom. The first-order valence-corrected chi connectivity index (χ1v) is 4.16. The lowest BCUT2D eigenvalue weighted by molar-refractivity contribution is -0.384. The van der Waals surface area contributed by atoms with Gasteiger partial charge in [0.25, 0.3) is 0 Å². The number of nitrogens with zero attached hydrogens (tertiary/aromatic N) is 1. The van der Waals surface area contributed by atoms with Crippen molar-refractivity contribution in [3.05, 3.63) is 31.2 Å². The van der Waals surface area contributed by atoms with E-state index in [2.05, 4.69) is 0 Å². The number of nitro groups is 1. The van der Waals surface area contributed by atoms with Crippen LogP contribution in [-0.4, -0.2) is 4.92 Å². The second-order valence-corrected chi connectivity index (χ2v) is 3.37. The largest absolute Gasteiger partial charge is 0.396 e. The Bertz CT molecular complexity index is 381. The molecule has 0 heterocycles. The zero-order chi connectivity index (χ0) is 10.2. The molecule has 0 radical (unpaired) electrons. The first-order valence-electron chi connectivity index (χ1n) is 3.02. The van der Waals surface area contributed by atoms with E-state index in [9.17, 15) is 10.1 Å². The van der Waals surface area contributed by atoms with Gasteiger partial charge in [-0.1, -0.05) is 34.8 Å². The lowest BCUT2D eigenvalue weighted by Crippen LogP contribution is -1.95. The average Bonchev–Trinajstić information content (AvgIpc) is 1.99. The maximum atomic E-state index is 10.4. The third kappa shape index (κ3) is 1.80. The quantitative estimate of drug-likeness (QED) is 0.466. The van der Waals surface area contributed by atoms with Crippen LogP contribution >= 0.6 is 34.8 Å². The summed E-state index contributed by atoms with van der Waals surface area (Å²) in [6.07, 6.45) is 0. The minimum absolute atomic E-state index is 0.0422. The first kappa shape index (κ1) is 10.4. The van der Waals surface area contributed by atoms with Crippen molar-refractivity contribution in [2.24, 2.45) is 0 Å². The normalized spacial score (nSPS) is 10.1. The van der Waals surface area contributed by atoms with Crippen molar-refractivity contribution < 1.29 is 4.92 Å². The topological polar surface area (TPSA) is 69.2 Å². The van der Waals surface area contributed by atoms with Crippen molar-refractivity contribution in [2.75, 3.05) is 5.73 Å². The highest BCUT2D eigenvalue weighted by Gasteiger charge is 2.22. The molecular formula is C6H3Cl3N2O2. The van der Waals surface area contributed by atoms with Crippen molar-refractivity contribution in [1.82, 2.24) is 0 Å². The Hall–Kier alpha value is -0.710. The molecule has 0 bridgehead atoms. The number of nitrogens with two attached hydrogens (primary N) is 1. The zero-order valence-electron chi connectivity index (χ0n) is 6.05. The SMILES string of the molecule is Nc1c(Cl)cc(Cl)c([N+](=O)[O-])c1Cl. The molecule has 2 N–H and O–H groups in total. The second-order valence-electron chi connectivity index (χ2n) is 2.17. The lowest BCUT2D eigenvalue weighted by atomic mass is 10.3. The second kappa shape index (κ2) is 3.57. The van der Waals surface area contributed by atoms with Crippen LogP contribution in [0, 0.1) is 10.1 Å². The summed E-state index contributed by atoms with van der Waals surface area (Å²) in [5, 5.41) is 10.2. The Kier molecular flexibility index (Phi) is 2.85. The van der Waals surface area contributed by atoms with Gasteiger partial charge in [-0.25, -0.2) is 0 Å². The van der Waals surface area contributed by atoms with E-state index < -0.39 is 10.6 Å². The van der Waals surface area contributed by atoms with Crippen LogP contribution in [0.2, 0.25) is 15.1 Å². The molecule has 1 rings (SSSR count). The Morgan fingerprint density at radius 2 is 1.85 bits per heavy atom. The maximum absolute atomic E-state index is 10.4. The highest BCUT2D eigenvalue weighted by atomic mass is 35.5. The number of nitrogen functional groups attached to an aromatic ring is 1. The van der Waals surface area contributed by atoms with Crippen LogP contribution in [0.5, 0.6) is 0 Å². The molecule has 0 amide bonds. The smallest absolute Gasteiger partial charge is 0.308 e. The van der Waals surface area contributed by atoms with E-state index in [1.165, 1.54) is 6.07 Å². The Balaban J connectivity index is 3.53. The van der Waals surface area contributed by atoms with Crippen LogP contribution in [0.3, 0.4) is 0 Å². The van der Waals surface area contributed by atoms with Gasteiger partial charge in [-0.15, -0.1) is 0 Å². The van der Waals surface area contributed by atoms with Gasteiger partial charge in [-0.05, 0) is 6.07 Å². The Morgan fingerprint density at radius 1 is 1.31 bits per heavy atom. The third-order valence-corrected chi connectivity index (χ3v) is 2.35. The van der Waals surface area contributed by atoms with E-state index in [0.29, 0.717) is 0 Å². The summed E-state index contributed by atoms with van der Waals surface area (Å²) in [6.45, 7) is 0. The van der Waals surface area contributed by atoms with Gasteiger partial charge in [0.15, 0.2) is 0 Å². The molecule has 0 fully saturated rings. The summed E-state index contributed by atoms with van der Waals surface area (Å²) in [4.78, 5) is 9.73. The van der Waals surface area contributed by atoms with Gasteiger partial charge in [0.05, 0.1) is 15.6 Å². The van der Waals surface area contributed by atoms with Crippen molar-refractivity contribution in [2.45, 2.75) is 0 Å². The van der Waals surface area contributed by atoms with Crippen LogP contribution in [0.1, 0.15) is 0 Å². The third-order valence-electron chi connectivity index (χ3n) is 1.36. The standard InChI is InChI=1S/C6H3Cl3N2O2/c7-2-1-3(8)6(11(12)13)4(9)5(2)10/h1H,10H2. The number of hydrogen-bond acceptors (Lipinski definition) is 3. The highest BCUT2D eigenvalue weighted by molar-refractivity contribution is 6.44. The van der Waals surface area contributed by atoms with Crippen LogP contribution in [-0.2, 0) is 0 Å². The summed E-state index contributed by atoms with van der Waals surface area (Å²) >= 11 is 16.7. The molecule has 0 aliphatic carbocycles. The Labute approximate surface area is 88.3 Å². The van der Waals surface area contributed by atoms with E-state index in [1.807, 2.05) is 0 Å². The highest BCUT2D eigenvalue weighted by Crippen LogP contribution is 2.40. The zero-order valence-corrected chi connectivity index (χ0v) is 8.32. The van der Waals surface area contributed by atoms with Gasteiger partial charge in [0, 0.05) is 0 Å². The monoisotopic (exact) mass is 240 g/mol. The van der Waals surface area contributed by atoms with Crippen LogP contribution in [0.25, 0.3) is 0 Å². The summed E-state index contributed by atoms with van der Waals surface area (Å²) in [7, 11) is 0. The molecule has 4 nitrogen and oxygen atoms in total. The maximum Gasteiger partial charge on any atom is 0.308 e. The molecule has 0 atom stereocenters. The van der Waals surface area contributed by atoms with E-state index in [-0.39, 0.29) is 20.8 Å². The fourth-order valence-electron chi connectivity index (χ4n) is 0.762. The molecule has 1 aromatic rings. The van der Waals surface area contributed by atoms with E-state index >= 15 is 0 Å². The minimum atomic E-state index is -0.711. The van der Waals surface area contributed by atoms with E-state index in [4.69, 9.17) is 40.5 Å².